The zero-order valence-corrected chi connectivity index (χ0v) is 8.88. The topological polar surface area (TPSA) is 26.3 Å². The molecule has 0 aliphatic rings. The highest BCUT2D eigenvalue weighted by atomic mass is 35.5. The number of rotatable bonds is 4. The van der Waals surface area contributed by atoms with Gasteiger partial charge in [0.05, 0.1) is 6.61 Å². The average Bonchev–Trinajstić information content (AvgIpc) is 2.15. The molecule has 0 saturated carbocycles. The van der Waals surface area contributed by atoms with Gasteiger partial charge >= 0.3 is 5.97 Å². The quantitative estimate of drug-likeness (QED) is 0.567. The summed E-state index contributed by atoms with van der Waals surface area (Å²) in [5.41, 5.74) is 1.21. The smallest absolute Gasteiger partial charge is 0.302 e. The van der Waals surface area contributed by atoms with E-state index in [2.05, 4.69) is 0 Å². The van der Waals surface area contributed by atoms with Crippen molar-refractivity contribution in [1.82, 2.24) is 0 Å². The first-order valence-electron chi connectivity index (χ1n) is 4.56. The maximum Gasteiger partial charge on any atom is 0.302 e. The number of carbonyl (C=O) groups excluding carboxylic acids is 1. The van der Waals surface area contributed by atoms with Gasteiger partial charge in [0.2, 0.25) is 0 Å². The van der Waals surface area contributed by atoms with Gasteiger partial charge in [-0.15, -0.1) is 0 Å². The predicted molar refractivity (Wildman–Crippen MR) is 56.4 cm³/mol. The molecule has 0 fully saturated rings. The zero-order chi connectivity index (χ0) is 10.4. The molecule has 0 bridgehead atoms. The lowest BCUT2D eigenvalue weighted by atomic mass is 10.1. The van der Waals surface area contributed by atoms with E-state index in [1.54, 1.807) is 0 Å². The Hall–Kier alpha value is -1.02. The summed E-state index contributed by atoms with van der Waals surface area (Å²) in [7, 11) is 0. The highest BCUT2D eigenvalue weighted by Crippen LogP contribution is 2.10. The highest BCUT2D eigenvalue weighted by molar-refractivity contribution is 6.30. The van der Waals surface area contributed by atoms with E-state index >= 15 is 0 Å². The van der Waals surface area contributed by atoms with Crippen LogP contribution >= 0.6 is 11.6 Å². The molecule has 0 aliphatic heterocycles. The van der Waals surface area contributed by atoms with Crippen molar-refractivity contribution in [2.24, 2.45) is 0 Å². The fourth-order valence-corrected chi connectivity index (χ4v) is 1.27. The molecule has 1 rings (SSSR count). The molecule has 1 aromatic carbocycles. The molecule has 0 N–H and O–H groups in total. The Balaban J connectivity index is 2.25. The number of hydrogen-bond acceptors (Lipinski definition) is 2. The lowest BCUT2D eigenvalue weighted by molar-refractivity contribution is -0.141. The standard InChI is InChI=1S/C11H13ClO2/c1-9(13)14-8-2-3-10-4-6-11(12)7-5-10/h4-7H,2-3,8H2,1H3. The van der Waals surface area contributed by atoms with Crippen LogP contribution in [0.25, 0.3) is 0 Å². The Morgan fingerprint density at radius 1 is 1.36 bits per heavy atom. The van der Waals surface area contributed by atoms with Crippen LogP contribution in [-0.2, 0) is 16.0 Å². The summed E-state index contributed by atoms with van der Waals surface area (Å²) >= 11 is 5.75. The number of halogens is 1. The van der Waals surface area contributed by atoms with E-state index in [-0.39, 0.29) is 5.97 Å². The van der Waals surface area contributed by atoms with E-state index < -0.39 is 0 Å². The second kappa shape index (κ2) is 5.66. The third kappa shape index (κ3) is 4.28. The summed E-state index contributed by atoms with van der Waals surface area (Å²) in [4.78, 5) is 10.5. The molecule has 0 spiro atoms. The van der Waals surface area contributed by atoms with Crippen molar-refractivity contribution in [1.29, 1.82) is 0 Å². The molecule has 3 heteroatoms. The summed E-state index contributed by atoms with van der Waals surface area (Å²) < 4.78 is 4.82. The Morgan fingerprint density at radius 3 is 2.57 bits per heavy atom. The molecular weight excluding hydrogens is 200 g/mol. The van der Waals surface area contributed by atoms with E-state index in [0.29, 0.717) is 6.61 Å². The number of carbonyl (C=O) groups is 1. The van der Waals surface area contributed by atoms with Crippen molar-refractivity contribution in [3.8, 4) is 0 Å². The van der Waals surface area contributed by atoms with E-state index in [1.165, 1.54) is 12.5 Å². The van der Waals surface area contributed by atoms with Gasteiger partial charge in [0.15, 0.2) is 0 Å². The molecular formula is C11H13ClO2. The molecule has 76 valence electrons. The minimum atomic E-state index is -0.221. The van der Waals surface area contributed by atoms with Crippen molar-refractivity contribution in [2.75, 3.05) is 6.61 Å². The van der Waals surface area contributed by atoms with E-state index in [1.807, 2.05) is 24.3 Å². The zero-order valence-electron chi connectivity index (χ0n) is 8.13. The number of esters is 1. The first kappa shape index (κ1) is 11.1. The van der Waals surface area contributed by atoms with Gasteiger partial charge in [0.1, 0.15) is 0 Å². The second-order valence-electron chi connectivity index (χ2n) is 3.07. The molecule has 0 aliphatic carbocycles. The van der Waals surface area contributed by atoms with Gasteiger partial charge in [-0.05, 0) is 30.5 Å². The Kier molecular flexibility index (Phi) is 4.47. The predicted octanol–water partition coefficient (Wildman–Crippen LogP) is 2.84. The first-order valence-corrected chi connectivity index (χ1v) is 4.94. The molecule has 0 heterocycles. The van der Waals surface area contributed by atoms with Gasteiger partial charge < -0.3 is 4.74 Å². The number of aryl methyl sites for hydroxylation is 1. The van der Waals surface area contributed by atoms with Gasteiger partial charge in [-0.1, -0.05) is 23.7 Å². The van der Waals surface area contributed by atoms with Crippen LogP contribution in [0.4, 0.5) is 0 Å². The fraction of sp³-hybridized carbons (Fsp3) is 0.364. The van der Waals surface area contributed by atoms with E-state index in [9.17, 15) is 4.79 Å². The molecule has 14 heavy (non-hydrogen) atoms. The van der Waals surface area contributed by atoms with Crippen molar-refractivity contribution < 1.29 is 9.53 Å². The van der Waals surface area contributed by atoms with Crippen molar-refractivity contribution in [3.63, 3.8) is 0 Å². The van der Waals surface area contributed by atoms with Crippen LogP contribution in [0.3, 0.4) is 0 Å². The number of ether oxygens (including phenoxy) is 1. The van der Waals surface area contributed by atoms with E-state index in [0.717, 1.165) is 17.9 Å². The van der Waals surface area contributed by atoms with Crippen molar-refractivity contribution in [3.05, 3.63) is 34.9 Å². The van der Waals surface area contributed by atoms with Crippen LogP contribution < -0.4 is 0 Å². The van der Waals surface area contributed by atoms with Crippen LogP contribution in [0.15, 0.2) is 24.3 Å². The van der Waals surface area contributed by atoms with Crippen LogP contribution in [-0.4, -0.2) is 12.6 Å². The summed E-state index contributed by atoms with van der Waals surface area (Å²) in [6.45, 7) is 1.90. The lowest BCUT2D eigenvalue weighted by Crippen LogP contribution is -2.01. The lowest BCUT2D eigenvalue weighted by Gasteiger charge is -2.02. The fourth-order valence-electron chi connectivity index (χ4n) is 1.14. The second-order valence-corrected chi connectivity index (χ2v) is 3.51. The minimum Gasteiger partial charge on any atom is -0.466 e. The van der Waals surface area contributed by atoms with Crippen LogP contribution in [0.5, 0.6) is 0 Å². The minimum absolute atomic E-state index is 0.221. The van der Waals surface area contributed by atoms with Crippen molar-refractivity contribution in [2.45, 2.75) is 19.8 Å². The largest absolute Gasteiger partial charge is 0.466 e. The maximum atomic E-state index is 10.5. The van der Waals surface area contributed by atoms with Gasteiger partial charge in [-0.25, -0.2) is 0 Å². The summed E-state index contributed by atoms with van der Waals surface area (Å²) in [5.74, 6) is -0.221. The maximum absolute atomic E-state index is 10.5. The van der Waals surface area contributed by atoms with E-state index in [4.69, 9.17) is 16.3 Å². The van der Waals surface area contributed by atoms with Gasteiger partial charge in [0, 0.05) is 11.9 Å². The van der Waals surface area contributed by atoms with Crippen LogP contribution in [0, 0.1) is 0 Å². The average molecular weight is 213 g/mol. The molecule has 0 amide bonds. The Bertz CT molecular complexity index is 293. The Labute approximate surface area is 88.8 Å². The third-order valence-electron chi connectivity index (χ3n) is 1.83. The van der Waals surface area contributed by atoms with Crippen LogP contribution in [0.1, 0.15) is 18.9 Å². The highest BCUT2D eigenvalue weighted by Gasteiger charge is 1.95. The molecule has 0 aromatic heterocycles. The van der Waals surface area contributed by atoms with Crippen LogP contribution in [0.2, 0.25) is 5.02 Å². The van der Waals surface area contributed by atoms with Gasteiger partial charge in [0.25, 0.3) is 0 Å². The number of benzene rings is 1. The monoisotopic (exact) mass is 212 g/mol. The number of hydrogen-bond donors (Lipinski definition) is 0. The SMILES string of the molecule is CC(=O)OCCCc1ccc(Cl)cc1. The third-order valence-corrected chi connectivity index (χ3v) is 2.08. The molecule has 1 aromatic rings. The molecule has 0 atom stereocenters. The molecule has 0 unspecified atom stereocenters. The molecule has 2 nitrogen and oxygen atoms in total. The van der Waals surface area contributed by atoms with Gasteiger partial charge in [-0.2, -0.15) is 0 Å². The summed E-state index contributed by atoms with van der Waals surface area (Å²) in [5, 5.41) is 0.744. The Morgan fingerprint density at radius 2 is 2.00 bits per heavy atom. The van der Waals surface area contributed by atoms with Gasteiger partial charge in [-0.3, -0.25) is 4.79 Å². The molecule has 0 saturated heterocycles. The normalized spacial score (nSPS) is 9.86. The summed E-state index contributed by atoms with van der Waals surface area (Å²) in [6, 6.07) is 7.69. The van der Waals surface area contributed by atoms with Crippen molar-refractivity contribution >= 4 is 17.6 Å². The first-order chi connectivity index (χ1) is 6.68. The molecule has 0 radical (unpaired) electrons. The summed E-state index contributed by atoms with van der Waals surface area (Å²) in [6.07, 6.45) is 1.76.